The molecule has 0 N–H and O–H groups in total. The number of hydrogen-bond acceptors (Lipinski definition) is 5. The summed E-state index contributed by atoms with van der Waals surface area (Å²) in [6.45, 7) is 5.65. The van der Waals surface area contributed by atoms with Gasteiger partial charge in [-0.15, -0.1) is 0 Å². The van der Waals surface area contributed by atoms with E-state index in [-0.39, 0.29) is 5.41 Å². The molecule has 2 saturated heterocycles. The number of hydrogen-bond donors (Lipinski definition) is 0. The van der Waals surface area contributed by atoms with Gasteiger partial charge in [0.25, 0.3) is 0 Å². The molecule has 0 bridgehead atoms. The Morgan fingerprint density at radius 1 is 1.27 bits per heavy atom. The zero-order valence-corrected chi connectivity index (χ0v) is 13.4. The molecule has 1 atom stereocenters. The van der Waals surface area contributed by atoms with Crippen LogP contribution in [-0.2, 0) is 4.79 Å². The summed E-state index contributed by atoms with van der Waals surface area (Å²) >= 11 is 0. The molecule has 1 spiro atoms. The maximum atomic E-state index is 11.9. The fraction of sp³-hybridized carbons (Fsp3) is 0.688. The Bertz CT molecular complexity index is 533. The van der Waals surface area contributed by atoms with E-state index in [9.17, 15) is 4.79 Å². The van der Waals surface area contributed by atoms with E-state index in [2.05, 4.69) is 21.8 Å². The molecule has 2 aliphatic heterocycles. The number of aromatic nitrogens is 2. The number of nitrogens with zero attached hydrogens (tertiary/aromatic N) is 4. The largest absolute Gasteiger partial charge is 0.494 e. The number of amides is 1. The SMILES string of the molecule is CCN1CC2(CCCN(c3ncc(OC)cn3)C2)CCC1=O. The topological polar surface area (TPSA) is 58.6 Å². The molecule has 6 heteroatoms. The van der Waals surface area contributed by atoms with E-state index in [1.807, 2.05) is 4.90 Å². The van der Waals surface area contributed by atoms with Crippen molar-refractivity contribution >= 4 is 11.9 Å². The van der Waals surface area contributed by atoms with Gasteiger partial charge < -0.3 is 14.5 Å². The Balaban J connectivity index is 1.74. The summed E-state index contributed by atoms with van der Waals surface area (Å²) in [4.78, 5) is 25.0. The minimum Gasteiger partial charge on any atom is -0.494 e. The van der Waals surface area contributed by atoms with Gasteiger partial charge in [-0.2, -0.15) is 0 Å². The molecule has 1 unspecified atom stereocenters. The Morgan fingerprint density at radius 2 is 2.05 bits per heavy atom. The fourth-order valence-corrected chi connectivity index (χ4v) is 3.68. The Hall–Kier alpha value is -1.85. The lowest BCUT2D eigenvalue weighted by molar-refractivity contribution is -0.137. The average Bonchev–Trinajstić information content (AvgIpc) is 2.57. The van der Waals surface area contributed by atoms with Gasteiger partial charge in [0.2, 0.25) is 11.9 Å². The third kappa shape index (κ3) is 2.87. The van der Waals surface area contributed by atoms with Crippen LogP contribution >= 0.6 is 0 Å². The first-order valence-corrected chi connectivity index (χ1v) is 8.04. The molecule has 0 saturated carbocycles. The second kappa shape index (κ2) is 6.10. The predicted octanol–water partition coefficient (Wildman–Crippen LogP) is 1.71. The van der Waals surface area contributed by atoms with Crippen molar-refractivity contribution < 1.29 is 9.53 Å². The lowest BCUT2D eigenvalue weighted by Crippen LogP contribution is -2.54. The standard InChI is InChI=1S/C16H24N4O2/c1-3-19-11-16(7-5-14(19)21)6-4-8-20(12-16)15-17-9-13(22-2)10-18-15/h9-10H,3-8,11-12H2,1-2H3. The van der Waals surface area contributed by atoms with E-state index < -0.39 is 0 Å². The fourth-order valence-electron chi connectivity index (χ4n) is 3.68. The van der Waals surface area contributed by atoms with Gasteiger partial charge in [0.1, 0.15) is 0 Å². The van der Waals surface area contributed by atoms with Crippen LogP contribution in [0.4, 0.5) is 5.95 Å². The molecule has 22 heavy (non-hydrogen) atoms. The van der Waals surface area contributed by atoms with E-state index in [0.717, 1.165) is 45.0 Å². The van der Waals surface area contributed by atoms with Crippen LogP contribution in [0.3, 0.4) is 0 Å². The Kier molecular flexibility index (Phi) is 4.18. The van der Waals surface area contributed by atoms with E-state index in [0.29, 0.717) is 18.1 Å². The number of anilines is 1. The summed E-state index contributed by atoms with van der Waals surface area (Å²) in [5, 5.41) is 0. The minimum atomic E-state index is 0.200. The monoisotopic (exact) mass is 304 g/mol. The number of methoxy groups -OCH3 is 1. The highest BCUT2D eigenvalue weighted by Crippen LogP contribution is 2.39. The van der Waals surface area contributed by atoms with Gasteiger partial charge in [-0.05, 0) is 26.2 Å². The molecular formula is C16H24N4O2. The van der Waals surface area contributed by atoms with Gasteiger partial charge >= 0.3 is 0 Å². The van der Waals surface area contributed by atoms with Gasteiger partial charge in [-0.25, -0.2) is 9.97 Å². The average molecular weight is 304 g/mol. The van der Waals surface area contributed by atoms with Crippen LogP contribution < -0.4 is 9.64 Å². The first-order valence-electron chi connectivity index (χ1n) is 8.04. The number of carbonyl (C=O) groups is 1. The molecule has 2 fully saturated rings. The van der Waals surface area contributed by atoms with Gasteiger partial charge in [0.15, 0.2) is 5.75 Å². The van der Waals surface area contributed by atoms with Crippen LogP contribution in [0.2, 0.25) is 0 Å². The molecule has 1 aromatic heterocycles. The quantitative estimate of drug-likeness (QED) is 0.851. The normalized spacial score (nSPS) is 25.6. The van der Waals surface area contributed by atoms with Crippen LogP contribution in [0.15, 0.2) is 12.4 Å². The molecular weight excluding hydrogens is 280 g/mol. The van der Waals surface area contributed by atoms with Crippen molar-refractivity contribution in [3.05, 3.63) is 12.4 Å². The molecule has 1 aromatic rings. The van der Waals surface area contributed by atoms with Crippen LogP contribution in [-0.4, -0.2) is 54.1 Å². The summed E-state index contributed by atoms with van der Waals surface area (Å²) < 4.78 is 5.12. The van der Waals surface area contributed by atoms with Gasteiger partial charge in [0.05, 0.1) is 19.5 Å². The summed E-state index contributed by atoms with van der Waals surface area (Å²) in [5.74, 6) is 1.74. The van der Waals surface area contributed by atoms with E-state index >= 15 is 0 Å². The summed E-state index contributed by atoms with van der Waals surface area (Å²) in [5.41, 5.74) is 0.200. The third-order valence-corrected chi connectivity index (χ3v) is 4.92. The Labute approximate surface area is 131 Å². The van der Waals surface area contributed by atoms with Crippen LogP contribution in [0, 0.1) is 5.41 Å². The van der Waals surface area contributed by atoms with E-state index in [1.165, 1.54) is 6.42 Å². The second-order valence-electron chi connectivity index (χ2n) is 6.36. The van der Waals surface area contributed by atoms with Crippen LogP contribution in [0.25, 0.3) is 0 Å². The van der Waals surface area contributed by atoms with Crippen LogP contribution in [0.1, 0.15) is 32.6 Å². The highest BCUT2D eigenvalue weighted by molar-refractivity contribution is 5.77. The first-order chi connectivity index (χ1) is 10.7. The molecule has 3 heterocycles. The number of likely N-dealkylation sites (tertiary alicyclic amines) is 1. The first kappa shape index (κ1) is 15.1. The summed E-state index contributed by atoms with van der Waals surface area (Å²) in [6.07, 6.45) is 7.39. The lowest BCUT2D eigenvalue weighted by atomic mass is 9.73. The van der Waals surface area contributed by atoms with Crippen LogP contribution in [0.5, 0.6) is 5.75 Å². The molecule has 6 nitrogen and oxygen atoms in total. The highest BCUT2D eigenvalue weighted by atomic mass is 16.5. The number of ether oxygens (including phenoxy) is 1. The van der Waals surface area contributed by atoms with Crippen molar-refractivity contribution in [3.63, 3.8) is 0 Å². The number of piperidine rings is 2. The molecule has 0 aromatic carbocycles. The number of rotatable bonds is 3. The summed E-state index contributed by atoms with van der Waals surface area (Å²) in [7, 11) is 1.62. The smallest absolute Gasteiger partial charge is 0.225 e. The minimum absolute atomic E-state index is 0.200. The van der Waals surface area contributed by atoms with Gasteiger partial charge in [0, 0.05) is 38.0 Å². The molecule has 0 aliphatic carbocycles. The Morgan fingerprint density at radius 3 is 2.73 bits per heavy atom. The van der Waals surface area contributed by atoms with Gasteiger partial charge in [-0.1, -0.05) is 0 Å². The molecule has 1 amide bonds. The van der Waals surface area contributed by atoms with Gasteiger partial charge in [-0.3, -0.25) is 4.79 Å². The third-order valence-electron chi connectivity index (χ3n) is 4.92. The molecule has 3 rings (SSSR count). The van der Waals surface area contributed by atoms with Crippen molar-refractivity contribution in [1.29, 1.82) is 0 Å². The second-order valence-corrected chi connectivity index (χ2v) is 6.36. The lowest BCUT2D eigenvalue weighted by Gasteiger charge is -2.48. The van der Waals surface area contributed by atoms with Crippen molar-refractivity contribution in [2.24, 2.45) is 5.41 Å². The molecule has 2 aliphatic rings. The molecule has 120 valence electrons. The van der Waals surface area contributed by atoms with E-state index in [4.69, 9.17) is 4.74 Å². The van der Waals surface area contributed by atoms with Crippen molar-refractivity contribution in [2.45, 2.75) is 32.6 Å². The zero-order valence-electron chi connectivity index (χ0n) is 13.4. The van der Waals surface area contributed by atoms with Crippen molar-refractivity contribution in [1.82, 2.24) is 14.9 Å². The maximum absolute atomic E-state index is 11.9. The highest BCUT2D eigenvalue weighted by Gasteiger charge is 2.41. The predicted molar refractivity (Wildman–Crippen MR) is 84.0 cm³/mol. The van der Waals surface area contributed by atoms with Crippen molar-refractivity contribution in [3.8, 4) is 5.75 Å². The zero-order chi connectivity index (χ0) is 15.6. The van der Waals surface area contributed by atoms with Crippen molar-refractivity contribution in [2.75, 3.05) is 38.2 Å². The maximum Gasteiger partial charge on any atom is 0.225 e. The van der Waals surface area contributed by atoms with E-state index in [1.54, 1.807) is 19.5 Å². The number of carbonyl (C=O) groups excluding carboxylic acids is 1. The summed E-state index contributed by atoms with van der Waals surface area (Å²) in [6, 6.07) is 0. The molecule has 0 radical (unpaired) electrons.